The van der Waals surface area contributed by atoms with E-state index in [2.05, 4.69) is 28.3 Å². The highest BCUT2D eigenvalue weighted by atomic mass is 79.9. The Labute approximate surface area is 147 Å². The highest BCUT2D eigenvalue weighted by molar-refractivity contribution is 9.10. The number of aryl methyl sites for hydroxylation is 1. The standard InChI is InChI=1S/C9H10O2.C7H8BrN.C3H4/c1-7(10)8-3-5-9(11-2)6-4-8;1-5-4-6(8)2-3-7(5)9;1-3-2/h3-6H,1-2H3;2-4H,9H2,1H3;1H,2H3. The Kier molecular flexibility index (Phi) is 10.2. The van der Waals surface area contributed by atoms with E-state index in [4.69, 9.17) is 10.5 Å². The Hall–Kier alpha value is -2.25. The van der Waals surface area contributed by atoms with E-state index >= 15 is 0 Å². The number of carbonyl (C=O) groups is 1. The Morgan fingerprint density at radius 1 is 1.22 bits per heavy atom. The molecule has 2 aromatic carbocycles. The van der Waals surface area contributed by atoms with Crippen LogP contribution in [0, 0.1) is 19.3 Å². The molecule has 3 nitrogen and oxygen atoms in total. The minimum Gasteiger partial charge on any atom is -0.497 e. The Morgan fingerprint density at radius 3 is 2.09 bits per heavy atom. The number of methoxy groups -OCH3 is 1. The summed E-state index contributed by atoms with van der Waals surface area (Å²) in [5, 5.41) is 0. The maximum Gasteiger partial charge on any atom is 0.159 e. The van der Waals surface area contributed by atoms with Gasteiger partial charge in [0.1, 0.15) is 5.75 Å². The molecule has 0 amide bonds. The first kappa shape index (κ1) is 20.8. The summed E-state index contributed by atoms with van der Waals surface area (Å²) < 4.78 is 6.02. The van der Waals surface area contributed by atoms with Gasteiger partial charge in [0.25, 0.3) is 0 Å². The summed E-state index contributed by atoms with van der Waals surface area (Å²) in [6.45, 7) is 5.18. The van der Waals surface area contributed by atoms with Crippen LogP contribution in [-0.2, 0) is 0 Å². The molecule has 0 aliphatic rings. The summed E-state index contributed by atoms with van der Waals surface area (Å²) in [6.07, 6.45) is 4.60. The van der Waals surface area contributed by atoms with E-state index in [1.54, 1.807) is 45.2 Å². The van der Waals surface area contributed by atoms with Crippen molar-refractivity contribution < 1.29 is 9.53 Å². The van der Waals surface area contributed by atoms with Gasteiger partial charge >= 0.3 is 0 Å². The van der Waals surface area contributed by atoms with E-state index in [-0.39, 0.29) is 5.78 Å². The van der Waals surface area contributed by atoms with Crippen LogP contribution in [0.5, 0.6) is 5.75 Å². The zero-order valence-electron chi connectivity index (χ0n) is 13.9. The van der Waals surface area contributed by atoms with E-state index in [1.807, 2.05) is 25.1 Å². The van der Waals surface area contributed by atoms with Crippen molar-refractivity contribution >= 4 is 27.4 Å². The van der Waals surface area contributed by atoms with Gasteiger partial charge in [-0.05, 0) is 68.8 Å². The van der Waals surface area contributed by atoms with Crippen molar-refractivity contribution in [3.05, 3.63) is 58.1 Å². The Bertz CT molecular complexity index is 658. The van der Waals surface area contributed by atoms with Crippen LogP contribution in [0.4, 0.5) is 5.69 Å². The summed E-state index contributed by atoms with van der Waals surface area (Å²) in [7, 11) is 1.60. The molecule has 2 aromatic rings. The van der Waals surface area contributed by atoms with E-state index in [1.165, 1.54) is 0 Å². The maximum atomic E-state index is 10.8. The quantitative estimate of drug-likeness (QED) is 0.462. The second-order valence-corrected chi connectivity index (χ2v) is 5.49. The highest BCUT2D eigenvalue weighted by Crippen LogP contribution is 2.16. The van der Waals surface area contributed by atoms with Crippen molar-refractivity contribution in [2.24, 2.45) is 0 Å². The number of terminal acetylenes is 1. The van der Waals surface area contributed by atoms with Gasteiger partial charge in [0.15, 0.2) is 5.78 Å². The van der Waals surface area contributed by atoms with Crippen LogP contribution in [0.3, 0.4) is 0 Å². The number of ether oxygens (including phenoxy) is 1. The molecule has 0 spiro atoms. The van der Waals surface area contributed by atoms with Crippen molar-refractivity contribution in [1.82, 2.24) is 0 Å². The lowest BCUT2D eigenvalue weighted by atomic mass is 10.1. The molecule has 0 aromatic heterocycles. The molecule has 0 saturated carbocycles. The smallest absolute Gasteiger partial charge is 0.159 e. The van der Waals surface area contributed by atoms with Crippen LogP contribution in [0.15, 0.2) is 46.9 Å². The molecule has 0 unspecified atom stereocenters. The molecule has 2 N–H and O–H groups in total. The van der Waals surface area contributed by atoms with Crippen molar-refractivity contribution in [1.29, 1.82) is 0 Å². The Balaban J connectivity index is 0.000000365. The Morgan fingerprint density at radius 2 is 1.74 bits per heavy atom. The summed E-state index contributed by atoms with van der Waals surface area (Å²) in [6, 6.07) is 12.9. The van der Waals surface area contributed by atoms with Crippen molar-refractivity contribution in [2.45, 2.75) is 20.8 Å². The molecular formula is C19H22BrNO2. The van der Waals surface area contributed by atoms with Crippen LogP contribution in [0.25, 0.3) is 0 Å². The first-order valence-electron chi connectivity index (χ1n) is 6.89. The predicted octanol–water partition coefficient (Wildman–Crippen LogP) is 4.88. The number of hydrogen-bond donors (Lipinski definition) is 1. The lowest BCUT2D eigenvalue weighted by Crippen LogP contribution is -1.91. The fourth-order valence-corrected chi connectivity index (χ4v) is 1.94. The van der Waals surface area contributed by atoms with E-state index in [9.17, 15) is 4.79 Å². The van der Waals surface area contributed by atoms with Crippen LogP contribution in [0.2, 0.25) is 0 Å². The first-order valence-corrected chi connectivity index (χ1v) is 7.69. The number of benzene rings is 2. The number of carbonyl (C=O) groups excluding carboxylic acids is 1. The third-order valence-corrected chi connectivity index (χ3v) is 3.22. The third kappa shape index (κ3) is 8.70. The molecule has 23 heavy (non-hydrogen) atoms. The molecule has 2 rings (SSSR count). The molecule has 0 saturated heterocycles. The third-order valence-electron chi connectivity index (χ3n) is 2.73. The second-order valence-electron chi connectivity index (χ2n) is 4.57. The van der Waals surface area contributed by atoms with Crippen LogP contribution < -0.4 is 10.5 Å². The molecular weight excluding hydrogens is 354 g/mol. The van der Waals surface area contributed by atoms with Crippen molar-refractivity contribution in [3.8, 4) is 18.1 Å². The molecule has 0 heterocycles. The average Bonchev–Trinajstić information content (AvgIpc) is 2.53. The lowest BCUT2D eigenvalue weighted by molar-refractivity contribution is 0.101. The van der Waals surface area contributed by atoms with Gasteiger partial charge in [-0.25, -0.2) is 0 Å². The molecule has 0 fully saturated rings. The zero-order valence-corrected chi connectivity index (χ0v) is 15.5. The maximum absolute atomic E-state index is 10.8. The molecule has 0 radical (unpaired) electrons. The lowest BCUT2D eigenvalue weighted by Gasteiger charge is -1.98. The van der Waals surface area contributed by atoms with Gasteiger partial charge in [-0.15, -0.1) is 12.3 Å². The first-order chi connectivity index (χ1) is 10.8. The van der Waals surface area contributed by atoms with Gasteiger partial charge in [0.2, 0.25) is 0 Å². The number of rotatable bonds is 2. The fourth-order valence-electron chi connectivity index (χ4n) is 1.46. The molecule has 0 aliphatic carbocycles. The number of nitrogens with two attached hydrogens (primary N) is 1. The summed E-state index contributed by atoms with van der Waals surface area (Å²) in [5.74, 6) is 3.10. The number of anilines is 1. The van der Waals surface area contributed by atoms with E-state index in [0.717, 1.165) is 21.5 Å². The monoisotopic (exact) mass is 375 g/mol. The number of hydrogen-bond acceptors (Lipinski definition) is 3. The SMILES string of the molecule is C#CC.COc1ccc(C(C)=O)cc1.Cc1cc(Br)ccc1N. The summed E-state index contributed by atoms with van der Waals surface area (Å²) in [5.41, 5.74) is 8.24. The number of Topliss-reactive ketones (excluding diaryl/α,β-unsaturated/α-hetero) is 1. The zero-order chi connectivity index (χ0) is 17.8. The molecule has 0 bridgehead atoms. The van der Waals surface area contributed by atoms with Crippen molar-refractivity contribution in [2.75, 3.05) is 12.8 Å². The van der Waals surface area contributed by atoms with E-state index in [0.29, 0.717) is 5.56 Å². The highest BCUT2D eigenvalue weighted by Gasteiger charge is 1.97. The largest absolute Gasteiger partial charge is 0.497 e. The van der Waals surface area contributed by atoms with Gasteiger partial charge in [0, 0.05) is 15.7 Å². The average molecular weight is 376 g/mol. The minimum absolute atomic E-state index is 0.0765. The number of ketones is 1. The van der Waals surface area contributed by atoms with E-state index < -0.39 is 0 Å². The van der Waals surface area contributed by atoms with Crippen LogP contribution in [0.1, 0.15) is 29.8 Å². The minimum atomic E-state index is 0.0765. The van der Waals surface area contributed by atoms with Crippen molar-refractivity contribution in [3.63, 3.8) is 0 Å². The molecule has 0 aliphatic heterocycles. The molecule has 4 heteroatoms. The van der Waals surface area contributed by atoms with Gasteiger partial charge in [-0.1, -0.05) is 15.9 Å². The van der Waals surface area contributed by atoms with Crippen LogP contribution >= 0.6 is 15.9 Å². The molecule has 0 atom stereocenters. The van der Waals surface area contributed by atoms with Crippen LogP contribution in [-0.4, -0.2) is 12.9 Å². The summed E-state index contributed by atoms with van der Waals surface area (Å²) in [4.78, 5) is 10.8. The second kappa shape index (κ2) is 11.3. The van der Waals surface area contributed by atoms with Gasteiger partial charge in [-0.3, -0.25) is 4.79 Å². The number of nitrogen functional groups attached to an aromatic ring is 1. The topological polar surface area (TPSA) is 52.3 Å². The predicted molar refractivity (Wildman–Crippen MR) is 101 cm³/mol. The normalized spacial score (nSPS) is 8.52. The summed E-state index contributed by atoms with van der Waals surface area (Å²) >= 11 is 3.34. The van der Waals surface area contributed by atoms with Gasteiger partial charge in [0.05, 0.1) is 7.11 Å². The van der Waals surface area contributed by atoms with Gasteiger partial charge < -0.3 is 10.5 Å². The fraction of sp³-hybridized carbons (Fsp3) is 0.211. The van der Waals surface area contributed by atoms with Gasteiger partial charge in [-0.2, -0.15) is 0 Å². The molecule has 122 valence electrons. The number of halogens is 1.